The lowest BCUT2D eigenvalue weighted by Crippen LogP contribution is -2.32. The summed E-state index contributed by atoms with van der Waals surface area (Å²) in [4.78, 5) is 18.9. The Labute approximate surface area is 97.1 Å². The molecule has 0 fully saturated rings. The molecule has 0 aliphatic heterocycles. The van der Waals surface area contributed by atoms with Gasteiger partial charge in [0, 0.05) is 14.1 Å². The Kier molecular flexibility index (Phi) is 4.45. The summed E-state index contributed by atoms with van der Waals surface area (Å²) in [6, 6.07) is 3.20. The van der Waals surface area contributed by atoms with E-state index in [9.17, 15) is 13.6 Å². The SMILES string of the molecule is CN=CC(=NC)NC(=O)c1c(F)cccc1F. The van der Waals surface area contributed by atoms with Crippen molar-refractivity contribution in [2.45, 2.75) is 0 Å². The van der Waals surface area contributed by atoms with Crippen molar-refractivity contribution in [2.75, 3.05) is 14.1 Å². The minimum atomic E-state index is -0.925. The van der Waals surface area contributed by atoms with E-state index in [1.54, 1.807) is 0 Å². The smallest absolute Gasteiger partial charge is 0.262 e. The topological polar surface area (TPSA) is 53.8 Å². The fourth-order valence-electron chi connectivity index (χ4n) is 1.16. The Morgan fingerprint density at radius 3 is 2.35 bits per heavy atom. The molecule has 0 atom stereocenters. The van der Waals surface area contributed by atoms with Gasteiger partial charge in [-0.25, -0.2) is 8.78 Å². The molecule has 1 rings (SSSR count). The van der Waals surface area contributed by atoms with Gasteiger partial charge in [-0.15, -0.1) is 0 Å². The number of carbonyl (C=O) groups is 1. The van der Waals surface area contributed by atoms with Gasteiger partial charge in [0.15, 0.2) is 0 Å². The van der Waals surface area contributed by atoms with Gasteiger partial charge in [0.25, 0.3) is 5.91 Å². The van der Waals surface area contributed by atoms with Crippen molar-refractivity contribution in [2.24, 2.45) is 9.98 Å². The molecule has 0 spiro atoms. The van der Waals surface area contributed by atoms with Gasteiger partial charge in [0.2, 0.25) is 0 Å². The van der Waals surface area contributed by atoms with Gasteiger partial charge in [0.1, 0.15) is 23.0 Å². The van der Waals surface area contributed by atoms with Crippen LogP contribution in [0.15, 0.2) is 28.2 Å². The quantitative estimate of drug-likeness (QED) is 0.616. The number of halogens is 2. The second kappa shape index (κ2) is 5.83. The van der Waals surface area contributed by atoms with Crippen LogP contribution in [0.5, 0.6) is 0 Å². The molecule has 1 aromatic rings. The molecule has 17 heavy (non-hydrogen) atoms. The highest BCUT2D eigenvalue weighted by Gasteiger charge is 2.17. The van der Waals surface area contributed by atoms with E-state index in [2.05, 4.69) is 15.3 Å². The molecule has 0 aromatic heterocycles. The molecule has 6 heteroatoms. The summed E-state index contributed by atoms with van der Waals surface area (Å²) in [5, 5.41) is 2.25. The molecule has 1 amide bonds. The van der Waals surface area contributed by atoms with Crippen LogP contribution in [0.25, 0.3) is 0 Å². The summed E-state index contributed by atoms with van der Waals surface area (Å²) in [6.45, 7) is 0. The number of nitrogens with zero attached hydrogens (tertiary/aromatic N) is 2. The predicted octanol–water partition coefficient (Wildman–Crippen LogP) is 1.42. The fraction of sp³-hybridized carbons (Fsp3) is 0.182. The van der Waals surface area contributed by atoms with Crippen LogP contribution in [0.3, 0.4) is 0 Å². The average molecular weight is 239 g/mol. The van der Waals surface area contributed by atoms with Crippen LogP contribution < -0.4 is 5.32 Å². The highest BCUT2D eigenvalue weighted by atomic mass is 19.1. The molecule has 0 radical (unpaired) electrons. The third-order valence-corrected chi connectivity index (χ3v) is 1.92. The number of benzene rings is 1. The number of hydrogen-bond donors (Lipinski definition) is 1. The molecule has 0 heterocycles. The average Bonchev–Trinajstić information content (AvgIpc) is 2.28. The highest BCUT2D eigenvalue weighted by molar-refractivity contribution is 6.33. The first-order chi connectivity index (χ1) is 8.10. The van der Waals surface area contributed by atoms with Crippen LogP contribution in [0.1, 0.15) is 10.4 Å². The van der Waals surface area contributed by atoms with E-state index in [1.807, 2.05) is 0 Å². The lowest BCUT2D eigenvalue weighted by Gasteiger charge is -2.05. The van der Waals surface area contributed by atoms with Gasteiger partial charge in [-0.3, -0.25) is 14.8 Å². The molecule has 90 valence electrons. The Balaban J connectivity index is 2.98. The summed E-state index contributed by atoms with van der Waals surface area (Å²) < 4.78 is 26.5. The summed E-state index contributed by atoms with van der Waals surface area (Å²) in [7, 11) is 2.91. The van der Waals surface area contributed by atoms with Crippen LogP contribution in [0.2, 0.25) is 0 Å². The first-order valence-corrected chi connectivity index (χ1v) is 4.74. The van der Waals surface area contributed by atoms with Crippen LogP contribution >= 0.6 is 0 Å². The maximum atomic E-state index is 13.3. The number of carbonyl (C=O) groups excluding carboxylic acids is 1. The molecule has 0 saturated carbocycles. The van der Waals surface area contributed by atoms with Gasteiger partial charge in [-0.05, 0) is 12.1 Å². The number of aliphatic imine (C=N–C) groups is 2. The second-order valence-electron chi connectivity index (χ2n) is 3.05. The maximum absolute atomic E-state index is 13.3. The number of nitrogens with one attached hydrogen (secondary N) is 1. The Morgan fingerprint density at radius 1 is 1.29 bits per heavy atom. The predicted molar refractivity (Wildman–Crippen MR) is 61.6 cm³/mol. The third kappa shape index (κ3) is 3.17. The first-order valence-electron chi connectivity index (χ1n) is 4.74. The van der Waals surface area contributed by atoms with Crippen LogP contribution in [0, 0.1) is 11.6 Å². The first kappa shape index (κ1) is 13.0. The highest BCUT2D eigenvalue weighted by Crippen LogP contribution is 2.11. The molecule has 4 nitrogen and oxygen atoms in total. The van der Waals surface area contributed by atoms with Gasteiger partial charge < -0.3 is 5.32 Å². The molecule has 0 aliphatic rings. The van der Waals surface area contributed by atoms with Crippen molar-refractivity contribution in [1.29, 1.82) is 0 Å². The summed E-state index contributed by atoms with van der Waals surface area (Å²) in [5.41, 5.74) is -0.641. The molecule has 1 aromatic carbocycles. The minimum absolute atomic E-state index is 0.125. The third-order valence-electron chi connectivity index (χ3n) is 1.92. The van der Waals surface area contributed by atoms with E-state index < -0.39 is 23.1 Å². The molecular formula is C11H11F2N3O. The van der Waals surface area contributed by atoms with Crippen LogP contribution in [-0.4, -0.2) is 32.1 Å². The van der Waals surface area contributed by atoms with Crippen molar-refractivity contribution in [3.8, 4) is 0 Å². The van der Waals surface area contributed by atoms with E-state index >= 15 is 0 Å². The van der Waals surface area contributed by atoms with E-state index in [0.717, 1.165) is 12.1 Å². The normalized spacial score (nSPS) is 11.9. The van der Waals surface area contributed by atoms with Crippen molar-refractivity contribution in [3.05, 3.63) is 35.4 Å². The minimum Gasteiger partial charge on any atom is -0.305 e. The molecule has 0 saturated heterocycles. The van der Waals surface area contributed by atoms with E-state index in [1.165, 1.54) is 26.4 Å². The molecular weight excluding hydrogens is 228 g/mol. The van der Waals surface area contributed by atoms with Crippen molar-refractivity contribution in [3.63, 3.8) is 0 Å². The molecule has 0 aliphatic carbocycles. The number of amidine groups is 1. The van der Waals surface area contributed by atoms with Gasteiger partial charge in [-0.2, -0.15) is 0 Å². The van der Waals surface area contributed by atoms with Gasteiger partial charge >= 0.3 is 0 Å². The number of rotatable bonds is 2. The van der Waals surface area contributed by atoms with Crippen molar-refractivity contribution in [1.82, 2.24) is 5.32 Å². The number of hydrogen-bond acceptors (Lipinski definition) is 3. The van der Waals surface area contributed by atoms with Crippen LogP contribution in [0.4, 0.5) is 8.78 Å². The zero-order chi connectivity index (χ0) is 12.8. The Bertz CT molecular complexity index is 463. The largest absolute Gasteiger partial charge is 0.305 e. The van der Waals surface area contributed by atoms with Crippen molar-refractivity contribution >= 4 is 18.0 Å². The summed E-state index contributed by atoms with van der Waals surface area (Å²) >= 11 is 0. The van der Waals surface area contributed by atoms with Crippen LogP contribution in [-0.2, 0) is 0 Å². The lowest BCUT2D eigenvalue weighted by molar-refractivity contribution is 0.0969. The Morgan fingerprint density at radius 2 is 1.88 bits per heavy atom. The van der Waals surface area contributed by atoms with Crippen molar-refractivity contribution < 1.29 is 13.6 Å². The second-order valence-corrected chi connectivity index (χ2v) is 3.05. The zero-order valence-electron chi connectivity index (χ0n) is 9.37. The maximum Gasteiger partial charge on any atom is 0.262 e. The fourth-order valence-corrected chi connectivity index (χ4v) is 1.16. The van der Waals surface area contributed by atoms with Gasteiger partial charge in [-0.1, -0.05) is 6.07 Å². The van der Waals surface area contributed by atoms with E-state index in [0.29, 0.717) is 0 Å². The van der Waals surface area contributed by atoms with Gasteiger partial charge in [0.05, 0.1) is 6.21 Å². The van der Waals surface area contributed by atoms with E-state index in [4.69, 9.17) is 0 Å². The molecule has 1 N–H and O–H groups in total. The molecule has 0 unspecified atom stereocenters. The number of amides is 1. The molecule has 0 bridgehead atoms. The monoisotopic (exact) mass is 239 g/mol. The lowest BCUT2D eigenvalue weighted by atomic mass is 10.2. The zero-order valence-corrected chi connectivity index (χ0v) is 9.37. The standard InChI is InChI=1S/C11H11F2N3O/c1-14-6-9(15-2)16-11(17)10-7(12)4-3-5-8(10)13/h3-6H,1-2H3,(H,15,16,17). The van der Waals surface area contributed by atoms with E-state index in [-0.39, 0.29) is 5.84 Å². The summed E-state index contributed by atoms with van der Waals surface area (Å²) in [5.74, 6) is -2.63. The summed E-state index contributed by atoms with van der Waals surface area (Å²) in [6.07, 6.45) is 1.27. The Hall–Kier alpha value is -2.11.